The van der Waals surface area contributed by atoms with E-state index in [9.17, 15) is 9.59 Å². The predicted octanol–water partition coefficient (Wildman–Crippen LogP) is 5.52. The normalized spacial score (nSPS) is 13.3. The number of aryl methyl sites for hydroxylation is 1. The number of hydrogen-bond acceptors (Lipinski definition) is 4. The van der Waals surface area contributed by atoms with Crippen LogP contribution < -0.4 is 9.64 Å². The molecule has 200 valence electrons. The second-order valence-corrected chi connectivity index (χ2v) is 9.51. The molecule has 0 saturated carbocycles. The molecule has 38 heavy (non-hydrogen) atoms. The number of rotatable bonds is 10. The highest BCUT2D eigenvalue weighted by atomic mass is 16.5. The first kappa shape index (κ1) is 27.2. The van der Waals surface area contributed by atoms with Crippen molar-refractivity contribution in [2.45, 2.75) is 33.6 Å². The average molecular weight is 514 g/mol. The van der Waals surface area contributed by atoms with Gasteiger partial charge in [0.05, 0.1) is 6.61 Å². The molecule has 2 amide bonds. The van der Waals surface area contributed by atoms with E-state index in [2.05, 4.69) is 29.2 Å². The summed E-state index contributed by atoms with van der Waals surface area (Å²) in [5.74, 6) is 1.13. The molecule has 0 radical (unpaired) electrons. The zero-order valence-electron chi connectivity index (χ0n) is 22.9. The Morgan fingerprint density at radius 2 is 1.55 bits per heavy atom. The molecule has 0 aliphatic carbocycles. The minimum absolute atomic E-state index is 0.0699. The third-order valence-corrected chi connectivity index (χ3v) is 7.24. The van der Waals surface area contributed by atoms with Crippen LogP contribution in [0.25, 0.3) is 11.1 Å². The van der Waals surface area contributed by atoms with Crippen LogP contribution in [-0.4, -0.2) is 67.5 Å². The number of benzene rings is 3. The van der Waals surface area contributed by atoms with E-state index in [-0.39, 0.29) is 11.8 Å². The molecule has 0 bridgehead atoms. The smallest absolute Gasteiger partial charge is 0.253 e. The minimum atomic E-state index is 0.0699. The molecule has 0 spiro atoms. The van der Waals surface area contributed by atoms with E-state index >= 15 is 0 Å². The number of piperazine rings is 1. The fourth-order valence-corrected chi connectivity index (χ4v) is 5.06. The molecule has 0 atom stereocenters. The number of anilines is 1. The fourth-order valence-electron chi connectivity index (χ4n) is 5.06. The maximum absolute atomic E-state index is 13.1. The summed E-state index contributed by atoms with van der Waals surface area (Å²) in [5, 5.41) is 0. The van der Waals surface area contributed by atoms with Crippen LogP contribution >= 0.6 is 0 Å². The molecule has 1 aliphatic rings. The fraction of sp³-hybridized carbons (Fsp3) is 0.375. The first-order valence-corrected chi connectivity index (χ1v) is 13.8. The van der Waals surface area contributed by atoms with Crippen molar-refractivity contribution < 1.29 is 14.3 Å². The highest BCUT2D eigenvalue weighted by Crippen LogP contribution is 2.28. The quantitative estimate of drug-likeness (QED) is 0.358. The summed E-state index contributed by atoms with van der Waals surface area (Å²) in [5.41, 5.74) is 5.24. The number of amides is 2. The molecule has 4 rings (SSSR count). The van der Waals surface area contributed by atoms with Crippen molar-refractivity contribution in [1.82, 2.24) is 9.80 Å². The lowest BCUT2D eigenvalue weighted by molar-refractivity contribution is -0.131. The second-order valence-electron chi connectivity index (χ2n) is 9.51. The Labute approximate surface area is 226 Å². The van der Waals surface area contributed by atoms with Gasteiger partial charge in [0.1, 0.15) is 5.75 Å². The summed E-state index contributed by atoms with van der Waals surface area (Å²) in [6.45, 7) is 11.0. The Balaban J connectivity index is 1.32. The van der Waals surface area contributed by atoms with E-state index < -0.39 is 0 Å². The van der Waals surface area contributed by atoms with Gasteiger partial charge in [0.2, 0.25) is 5.91 Å². The summed E-state index contributed by atoms with van der Waals surface area (Å²) < 4.78 is 5.68. The highest BCUT2D eigenvalue weighted by Gasteiger charge is 2.22. The van der Waals surface area contributed by atoms with Crippen LogP contribution in [0.5, 0.6) is 5.75 Å². The Morgan fingerprint density at radius 3 is 2.24 bits per heavy atom. The summed E-state index contributed by atoms with van der Waals surface area (Å²) in [4.78, 5) is 31.8. The molecule has 6 heteroatoms. The molecule has 3 aromatic rings. The number of carbonyl (C=O) groups is 2. The topological polar surface area (TPSA) is 53.1 Å². The van der Waals surface area contributed by atoms with E-state index in [0.29, 0.717) is 45.6 Å². The maximum atomic E-state index is 13.1. The molecule has 1 fully saturated rings. The number of nitrogens with zero attached hydrogens (tertiary/aromatic N) is 3. The van der Waals surface area contributed by atoms with Crippen LogP contribution in [0.1, 0.15) is 43.1 Å². The third-order valence-electron chi connectivity index (χ3n) is 7.24. The molecule has 1 saturated heterocycles. The highest BCUT2D eigenvalue weighted by molar-refractivity contribution is 5.94. The number of hydrogen-bond donors (Lipinski definition) is 0. The van der Waals surface area contributed by atoms with Crippen molar-refractivity contribution in [2.24, 2.45) is 0 Å². The summed E-state index contributed by atoms with van der Waals surface area (Å²) in [6, 6.07) is 24.3. The van der Waals surface area contributed by atoms with Crippen molar-refractivity contribution in [3.63, 3.8) is 0 Å². The van der Waals surface area contributed by atoms with Gasteiger partial charge < -0.3 is 19.4 Å². The van der Waals surface area contributed by atoms with Gasteiger partial charge in [0.15, 0.2) is 0 Å². The molecule has 1 heterocycles. The van der Waals surface area contributed by atoms with Gasteiger partial charge in [-0.15, -0.1) is 0 Å². The van der Waals surface area contributed by atoms with Crippen LogP contribution in [0.4, 0.5) is 5.69 Å². The second kappa shape index (κ2) is 13.1. The third kappa shape index (κ3) is 6.55. The van der Waals surface area contributed by atoms with Gasteiger partial charge in [-0.05, 0) is 80.3 Å². The molecule has 0 aromatic heterocycles. The van der Waals surface area contributed by atoms with Crippen molar-refractivity contribution >= 4 is 17.5 Å². The first-order valence-electron chi connectivity index (χ1n) is 13.8. The van der Waals surface area contributed by atoms with Crippen molar-refractivity contribution in [3.05, 3.63) is 83.9 Å². The van der Waals surface area contributed by atoms with E-state index in [0.717, 1.165) is 41.2 Å². The van der Waals surface area contributed by atoms with Gasteiger partial charge in [0, 0.05) is 56.9 Å². The first-order chi connectivity index (χ1) is 18.5. The Hall–Kier alpha value is -3.80. The monoisotopic (exact) mass is 513 g/mol. The molecule has 0 unspecified atom stereocenters. The van der Waals surface area contributed by atoms with Gasteiger partial charge in [-0.25, -0.2) is 0 Å². The van der Waals surface area contributed by atoms with Gasteiger partial charge >= 0.3 is 0 Å². The molecule has 6 nitrogen and oxygen atoms in total. The van der Waals surface area contributed by atoms with E-state index in [4.69, 9.17) is 4.74 Å². The van der Waals surface area contributed by atoms with Crippen molar-refractivity contribution in [1.29, 1.82) is 0 Å². The van der Waals surface area contributed by atoms with Gasteiger partial charge in [-0.3, -0.25) is 9.59 Å². The average Bonchev–Trinajstić information content (AvgIpc) is 2.97. The standard InChI is InChI=1S/C32H39N3O3/c1-4-33(5-2)32(37)26-14-17-28(18-15-26)34-20-22-35(23-21-34)31(36)19-16-25-10-7-8-13-30(25)27-11-9-12-29(24-27)38-6-3/h7-15,17-18,24H,4-6,16,19-23H2,1-3H3. The predicted molar refractivity (Wildman–Crippen MR) is 154 cm³/mol. The van der Waals surface area contributed by atoms with Crippen LogP contribution in [0.15, 0.2) is 72.8 Å². The van der Waals surface area contributed by atoms with Crippen LogP contribution in [0.2, 0.25) is 0 Å². The zero-order chi connectivity index (χ0) is 26.9. The summed E-state index contributed by atoms with van der Waals surface area (Å²) in [6.07, 6.45) is 1.19. The number of ether oxygens (including phenoxy) is 1. The Bertz CT molecular complexity index is 1210. The zero-order valence-corrected chi connectivity index (χ0v) is 22.9. The van der Waals surface area contributed by atoms with E-state index in [1.807, 2.05) is 79.1 Å². The van der Waals surface area contributed by atoms with Gasteiger partial charge in [-0.1, -0.05) is 36.4 Å². The summed E-state index contributed by atoms with van der Waals surface area (Å²) >= 11 is 0. The molecule has 1 aliphatic heterocycles. The van der Waals surface area contributed by atoms with E-state index in [1.165, 1.54) is 5.56 Å². The van der Waals surface area contributed by atoms with Crippen LogP contribution in [0, 0.1) is 0 Å². The van der Waals surface area contributed by atoms with Gasteiger partial charge in [-0.2, -0.15) is 0 Å². The SMILES string of the molecule is CCOc1cccc(-c2ccccc2CCC(=O)N2CCN(c3ccc(C(=O)N(CC)CC)cc3)CC2)c1. The van der Waals surface area contributed by atoms with E-state index in [1.54, 1.807) is 0 Å². The minimum Gasteiger partial charge on any atom is -0.494 e. The maximum Gasteiger partial charge on any atom is 0.253 e. The molecular weight excluding hydrogens is 474 g/mol. The van der Waals surface area contributed by atoms with Crippen molar-refractivity contribution in [3.8, 4) is 16.9 Å². The lowest BCUT2D eigenvalue weighted by atomic mass is 9.96. The number of carbonyl (C=O) groups excluding carboxylic acids is 2. The van der Waals surface area contributed by atoms with Crippen LogP contribution in [0.3, 0.4) is 0 Å². The van der Waals surface area contributed by atoms with Gasteiger partial charge in [0.25, 0.3) is 5.91 Å². The van der Waals surface area contributed by atoms with Crippen molar-refractivity contribution in [2.75, 3.05) is 50.8 Å². The Kier molecular flexibility index (Phi) is 9.41. The molecule has 0 N–H and O–H groups in total. The lowest BCUT2D eigenvalue weighted by Crippen LogP contribution is -2.48. The lowest BCUT2D eigenvalue weighted by Gasteiger charge is -2.36. The Morgan fingerprint density at radius 1 is 0.842 bits per heavy atom. The summed E-state index contributed by atoms with van der Waals surface area (Å²) in [7, 11) is 0. The largest absolute Gasteiger partial charge is 0.494 e. The molecule has 3 aromatic carbocycles. The van der Waals surface area contributed by atoms with Crippen LogP contribution in [-0.2, 0) is 11.2 Å². The molecular formula is C32H39N3O3.